The first kappa shape index (κ1) is 14.6. The number of amides is 1. The van der Waals surface area contributed by atoms with E-state index in [4.69, 9.17) is 9.84 Å². The van der Waals surface area contributed by atoms with Crippen LogP contribution in [0.4, 0.5) is 5.69 Å². The van der Waals surface area contributed by atoms with Gasteiger partial charge >= 0.3 is 0 Å². The number of carbonyl (C=O) groups excluding carboxylic acids is 1. The Bertz CT molecular complexity index is 702. The molecule has 0 spiro atoms. The zero-order chi connectivity index (χ0) is 15.1. The normalized spacial score (nSPS) is 9.43. The van der Waals surface area contributed by atoms with Crippen LogP contribution in [0.3, 0.4) is 0 Å². The Hall–Kier alpha value is -2.84. The van der Waals surface area contributed by atoms with E-state index < -0.39 is 0 Å². The minimum atomic E-state index is -0.313. The monoisotopic (exact) mass is 282 g/mol. The van der Waals surface area contributed by atoms with Crippen molar-refractivity contribution in [1.29, 1.82) is 0 Å². The summed E-state index contributed by atoms with van der Waals surface area (Å²) >= 11 is 0. The number of aliphatic hydroxyl groups excluding tert-OH is 1. The van der Waals surface area contributed by atoms with Crippen molar-refractivity contribution < 1.29 is 14.6 Å². The average molecular weight is 282 g/mol. The Morgan fingerprint density at radius 2 is 2.19 bits per heavy atom. The highest BCUT2D eigenvalue weighted by Crippen LogP contribution is 2.19. The topological polar surface area (TPSA) is 71.5 Å². The molecule has 1 aromatic heterocycles. The van der Waals surface area contributed by atoms with Crippen molar-refractivity contribution >= 4 is 11.6 Å². The van der Waals surface area contributed by atoms with E-state index in [9.17, 15) is 4.79 Å². The Labute approximate surface area is 122 Å². The van der Waals surface area contributed by atoms with Crippen LogP contribution in [0, 0.1) is 11.8 Å². The van der Waals surface area contributed by atoms with Gasteiger partial charge in [0.1, 0.15) is 12.4 Å². The van der Waals surface area contributed by atoms with E-state index in [1.165, 1.54) is 19.5 Å². The molecule has 2 aromatic rings. The molecule has 0 aliphatic rings. The highest BCUT2D eigenvalue weighted by Gasteiger charge is 2.13. The van der Waals surface area contributed by atoms with Crippen molar-refractivity contribution in [2.45, 2.75) is 0 Å². The third-order valence-corrected chi connectivity index (χ3v) is 2.73. The number of para-hydroxylation sites is 1. The number of carbonyl (C=O) groups is 1. The molecule has 1 aromatic carbocycles. The first-order chi connectivity index (χ1) is 10.3. The summed E-state index contributed by atoms with van der Waals surface area (Å²) < 4.78 is 5.11. The molecule has 0 radical (unpaired) electrons. The molecular formula is C16H14N2O3. The molecule has 5 nitrogen and oxygen atoms in total. The van der Waals surface area contributed by atoms with Crippen LogP contribution in [0.1, 0.15) is 15.9 Å². The maximum atomic E-state index is 12.3. The fourth-order valence-corrected chi connectivity index (χ4v) is 1.76. The molecule has 0 aliphatic carbocycles. The van der Waals surface area contributed by atoms with Crippen LogP contribution in [-0.2, 0) is 0 Å². The molecule has 106 valence electrons. The van der Waals surface area contributed by atoms with Crippen LogP contribution in [0.5, 0.6) is 5.75 Å². The number of pyridine rings is 1. The number of aromatic nitrogens is 1. The first-order valence-electron chi connectivity index (χ1n) is 6.24. The summed E-state index contributed by atoms with van der Waals surface area (Å²) in [6.07, 6.45) is 3.00. The largest absolute Gasteiger partial charge is 0.494 e. The molecule has 1 heterocycles. The predicted octanol–water partition coefficient (Wildman–Crippen LogP) is 1.69. The summed E-state index contributed by atoms with van der Waals surface area (Å²) in [6.45, 7) is -0.236. The van der Waals surface area contributed by atoms with Gasteiger partial charge in [-0.2, -0.15) is 0 Å². The Balaban J connectivity index is 2.28. The van der Waals surface area contributed by atoms with E-state index in [2.05, 4.69) is 22.1 Å². The highest BCUT2D eigenvalue weighted by atomic mass is 16.5. The van der Waals surface area contributed by atoms with Gasteiger partial charge in [0.05, 0.1) is 24.6 Å². The highest BCUT2D eigenvalue weighted by molar-refractivity contribution is 6.06. The smallest absolute Gasteiger partial charge is 0.259 e. The Kier molecular flexibility index (Phi) is 4.91. The van der Waals surface area contributed by atoms with Crippen LogP contribution in [0.25, 0.3) is 0 Å². The molecule has 0 atom stereocenters. The number of nitrogens with zero attached hydrogens (tertiary/aromatic N) is 1. The molecule has 2 N–H and O–H groups in total. The number of benzene rings is 1. The predicted molar refractivity (Wildman–Crippen MR) is 79.1 cm³/mol. The van der Waals surface area contributed by atoms with Crippen molar-refractivity contribution in [3.8, 4) is 17.6 Å². The third-order valence-electron chi connectivity index (χ3n) is 2.73. The summed E-state index contributed by atoms with van der Waals surface area (Å²) in [6, 6.07) is 8.69. The Morgan fingerprint density at radius 3 is 2.95 bits per heavy atom. The minimum Gasteiger partial charge on any atom is -0.494 e. The van der Waals surface area contributed by atoms with Gasteiger partial charge in [-0.05, 0) is 18.2 Å². The summed E-state index contributed by atoms with van der Waals surface area (Å²) in [5, 5.41) is 11.5. The van der Waals surface area contributed by atoms with E-state index >= 15 is 0 Å². The molecule has 5 heteroatoms. The Morgan fingerprint density at radius 1 is 1.38 bits per heavy atom. The number of hydrogen-bond donors (Lipinski definition) is 2. The number of anilines is 1. The van der Waals surface area contributed by atoms with Gasteiger partial charge in [-0.25, -0.2) is 0 Å². The lowest BCUT2D eigenvalue weighted by Gasteiger charge is -2.10. The van der Waals surface area contributed by atoms with Gasteiger partial charge in [0.15, 0.2) is 0 Å². The zero-order valence-corrected chi connectivity index (χ0v) is 11.5. The summed E-state index contributed by atoms with van der Waals surface area (Å²) in [7, 11) is 1.48. The lowest BCUT2D eigenvalue weighted by Crippen LogP contribution is -2.14. The quantitative estimate of drug-likeness (QED) is 0.840. The van der Waals surface area contributed by atoms with Gasteiger partial charge in [0.2, 0.25) is 0 Å². The SMILES string of the molecule is COc1cnccc1C(=O)Nc1ccccc1C#CCO. The van der Waals surface area contributed by atoms with Gasteiger partial charge in [-0.3, -0.25) is 9.78 Å². The second-order valence-corrected chi connectivity index (χ2v) is 4.04. The number of hydrogen-bond acceptors (Lipinski definition) is 4. The van der Waals surface area contributed by atoms with Crippen LogP contribution >= 0.6 is 0 Å². The number of methoxy groups -OCH3 is 1. The number of nitrogens with one attached hydrogen (secondary N) is 1. The van der Waals surface area contributed by atoms with Gasteiger partial charge in [-0.15, -0.1) is 0 Å². The second kappa shape index (κ2) is 7.08. The zero-order valence-electron chi connectivity index (χ0n) is 11.5. The van der Waals surface area contributed by atoms with Gasteiger partial charge in [0, 0.05) is 11.8 Å². The average Bonchev–Trinajstić information content (AvgIpc) is 2.54. The van der Waals surface area contributed by atoms with Crippen molar-refractivity contribution in [2.75, 3.05) is 19.0 Å². The lowest BCUT2D eigenvalue weighted by molar-refractivity contribution is 0.102. The van der Waals surface area contributed by atoms with Crippen molar-refractivity contribution in [1.82, 2.24) is 4.98 Å². The number of aliphatic hydroxyl groups is 1. The maximum absolute atomic E-state index is 12.3. The minimum absolute atomic E-state index is 0.236. The fraction of sp³-hybridized carbons (Fsp3) is 0.125. The van der Waals surface area contributed by atoms with Crippen LogP contribution in [0.15, 0.2) is 42.7 Å². The van der Waals surface area contributed by atoms with Crippen LogP contribution in [0.2, 0.25) is 0 Å². The fourth-order valence-electron chi connectivity index (χ4n) is 1.76. The van der Waals surface area contributed by atoms with E-state index in [-0.39, 0.29) is 12.5 Å². The molecule has 21 heavy (non-hydrogen) atoms. The second-order valence-electron chi connectivity index (χ2n) is 4.04. The molecule has 0 saturated heterocycles. The molecule has 0 bridgehead atoms. The van der Waals surface area contributed by atoms with E-state index in [0.717, 1.165) is 0 Å². The van der Waals surface area contributed by atoms with Gasteiger partial charge in [-0.1, -0.05) is 24.0 Å². The molecular weight excluding hydrogens is 268 g/mol. The van der Waals surface area contributed by atoms with Crippen LogP contribution < -0.4 is 10.1 Å². The van der Waals surface area contributed by atoms with Crippen molar-refractivity contribution in [2.24, 2.45) is 0 Å². The van der Waals surface area contributed by atoms with E-state index in [1.54, 1.807) is 24.3 Å². The van der Waals surface area contributed by atoms with Crippen molar-refractivity contribution in [3.63, 3.8) is 0 Å². The van der Waals surface area contributed by atoms with Crippen molar-refractivity contribution in [3.05, 3.63) is 53.9 Å². The molecule has 0 saturated carbocycles. The molecule has 0 unspecified atom stereocenters. The standard InChI is InChI=1S/C16H14N2O3/c1-21-15-11-17-9-8-13(15)16(20)18-14-7-3-2-5-12(14)6-4-10-19/h2-3,5,7-9,11,19H,10H2,1H3,(H,18,20). The first-order valence-corrected chi connectivity index (χ1v) is 6.24. The molecule has 0 aliphatic heterocycles. The maximum Gasteiger partial charge on any atom is 0.259 e. The lowest BCUT2D eigenvalue weighted by atomic mass is 10.1. The molecule has 2 rings (SSSR count). The van der Waals surface area contributed by atoms with E-state index in [1.807, 2.05) is 6.07 Å². The summed E-state index contributed by atoms with van der Waals surface area (Å²) in [4.78, 5) is 16.2. The van der Waals surface area contributed by atoms with Gasteiger partial charge in [0.25, 0.3) is 5.91 Å². The third kappa shape index (κ3) is 3.59. The van der Waals surface area contributed by atoms with E-state index in [0.29, 0.717) is 22.6 Å². The summed E-state index contributed by atoms with van der Waals surface area (Å²) in [5.74, 6) is 5.43. The number of ether oxygens (including phenoxy) is 1. The van der Waals surface area contributed by atoms with Crippen LogP contribution in [-0.4, -0.2) is 29.7 Å². The van der Waals surface area contributed by atoms with Gasteiger partial charge < -0.3 is 15.2 Å². The summed E-state index contributed by atoms with van der Waals surface area (Å²) in [5.41, 5.74) is 1.59. The number of rotatable bonds is 3. The molecule has 1 amide bonds. The molecule has 0 fully saturated rings.